The van der Waals surface area contributed by atoms with Gasteiger partial charge in [0.2, 0.25) is 5.91 Å². The van der Waals surface area contributed by atoms with Gasteiger partial charge in [-0.25, -0.2) is 9.37 Å². The van der Waals surface area contributed by atoms with Crippen molar-refractivity contribution in [3.63, 3.8) is 0 Å². The number of hydrogen-bond donors (Lipinski definition) is 0. The first kappa shape index (κ1) is 20.4. The Bertz CT molecular complexity index is 1350. The third kappa shape index (κ3) is 3.91. The van der Waals surface area contributed by atoms with Crippen LogP contribution in [-0.2, 0) is 11.3 Å². The van der Waals surface area contributed by atoms with E-state index >= 15 is 0 Å². The molecular formula is C23H20FN5O2S. The fraction of sp³-hybridized carbons (Fsp3) is 0.261. The number of halogens is 1. The number of amides is 1. The summed E-state index contributed by atoms with van der Waals surface area (Å²) in [6.45, 7) is 1.07. The highest BCUT2D eigenvalue weighted by molar-refractivity contribution is 7.14. The van der Waals surface area contributed by atoms with Crippen LogP contribution in [0, 0.1) is 5.82 Å². The van der Waals surface area contributed by atoms with Crippen LogP contribution < -0.4 is 5.56 Å². The normalized spacial score (nSPS) is 16.4. The van der Waals surface area contributed by atoms with Crippen molar-refractivity contribution in [1.82, 2.24) is 24.6 Å². The van der Waals surface area contributed by atoms with Gasteiger partial charge in [-0.2, -0.15) is 0 Å². The first-order valence-electron chi connectivity index (χ1n) is 10.4. The second-order valence-corrected chi connectivity index (χ2v) is 8.81. The molecular weight excluding hydrogens is 429 g/mol. The average Bonchev–Trinajstić information content (AvgIpc) is 3.31. The van der Waals surface area contributed by atoms with E-state index in [2.05, 4.69) is 15.2 Å². The average molecular weight is 450 g/mol. The molecule has 1 amide bonds. The highest BCUT2D eigenvalue weighted by atomic mass is 32.1. The van der Waals surface area contributed by atoms with E-state index in [-0.39, 0.29) is 29.7 Å². The quantitative estimate of drug-likeness (QED) is 0.477. The van der Waals surface area contributed by atoms with E-state index in [1.165, 1.54) is 28.3 Å². The van der Waals surface area contributed by atoms with Crippen molar-refractivity contribution in [3.05, 3.63) is 76.0 Å². The molecule has 1 fully saturated rings. The monoisotopic (exact) mass is 449 g/mol. The maximum atomic E-state index is 14.1. The van der Waals surface area contributed by atoms with Gasteiger partial charge >= 0.3 is 0 Å². The zero-order valence-electron chi connectivity index (χ0n) is 17.1. The number of nitrogens with zero attached hydrogens (tertiary/aromatic N) is 5. The third-order valence-electron chi connectivity index (χ3n) is 5.71. The van der Waals surface area contributed by atoms with Crippen LogP contribution in [-0.4, -0.2) is 43.6 Å². The summed E-state index contributed by atoms with van der Waals surface area (Å²) in [5, 5.41) is 10.3. The van der Waals surface area contributed by atoms with Gasteiger partial charge in [0.15, 0.2) is 5.01 Å². The van der Waals surface area contributed by atoms with E-state index in [1.807, 2.05) is 6.07 Å². The Morgan fingerprint density at radius 3 is 2.81 bits per heavy atom. The van der Waals surface area contributed by atoms with Crippen LogP contribution in [0.5, 0.6) is 0 Å². The topological polar surface area (TPSA) is 81.0 Å². The van der Waals surface area contributed by atoms with Gasteiger partial charge < -0.3 is 4.90 Å². The largest absolute Gasteiger partial charge is 0.340 e. The number of carbonyl (C=O) groups is 1. The molecule has 1 aliphatic rings. The summed E-state index contributed by atoms with van der Waals surface area (Å²) in [5.41, 5.74) is 0.820. The van der Waals surface area contributed by atoms with Crippen molar-refractivity contribution >= 4 is 28.1 Å². The van der Waals surface area contributed by atoms with E-state index in [4.69, 9.17) is 0 Å². The minimum Gasteiger partial charge on any atom is -0.340 e. The van der Waals surface area contributed by atoms with E-state index in [9.17, 15) is 14.0 Å². The second kappa shape index (κ2) is 8.58. The Morgan fingerprint density at radius 2 is 1.94 bits per heavy atom. The van der Waals surface area contributed by atoms with Crippen LogP contribution in [0.4, 0.5) is 4.39 Å². The van der Waals surface area contributed by atoms with Crippen LogP contribution >= 0.6 is 11.3 Å². The number of likely N-dealkylation sites (tertiary alicyclic amines) is 1. The van der Waals surface area contributed by atoms with Gasteiger partial charge in [0.1, 0.15) is 17.4 Å². The summed E-state index contributed by atoms with van der Waals surface area (Å²) in [6.07, 6.45) is 3.14. The molecule has 162 valence electrons. The van der Waals surface area contributed by atoms with Gasteiger partial charge in [-0.15, -0.1) is 10.2 Å². The number of piperidine rings is 1. The summed E-state index contributed by atoms with van der Waals surface area (Å²) in [6, 6.07) is 13.6. The number of hydrogen-bond acceptors (Lipinski definition) is 6. The van der Waals surface area contributed by atoms with Gasteiger partial charge in [-0.3, -0.25) is 14.2 Å². The maximum Gasteiger partial charge on any atom is 0.261 e. The Kier molecular flexibility index (Phi) is 5.48. The predicted octanol–water partition coefficient (Wildman–Crippen LogP) is 3.46. The zero-order valence-corrected chi connectivity index (χ0v) is 18.0. The molecule has 2 aromatic heterocycles. The fourth-order valence-electron chi connectivity index (χ4n) is 4.01. The molecule has 1 saturated heterocycles. The number of aromatic nitrogens is 4. The standard InChI is InChI=1S/C23H20FN5O2S/c24-18-9-3-1-7-16(18)22-27-26-21(32-22)15-6-5-11-28(12-15)20(30)13-29-14-25-19-10-4-2-8-17(19)23(29)31/h1-4,7-10,14-15H,5-6,11-13H2/t15-/m0/s1. The Labute approximate surface area is 187 Å². The molecule has 0 aliphatic carbocycles. The van der Waals surface area contributed by atoms with Gasteiger partial charge in [-0.1, -0.05) is 35.6 Å². The fourth-order valence-corrected chi connectivity index (χ4v) is 5.01. The summed E-state index contributed by atoms with van der Waals surface area (Å²) in [7, 11) is 0. The molecule has 1 aliphatic heterocycles. The van der Waals surface area contributed by atoms with Gasteiger partial charge in [-0.05, 0) is 37.1 Å². The molecule has 5 rings (SSSR count). The molecule has 1 atom stereocenters. The lowest BCUT2D eigenvalue weighted by Crippen LogP contribution is -2.42. The molecule has 0 bridgehead atoms. The second-order valence-electron chi connectivity index (χ2n) is 7.80. The van der Waals surface area contributed by atoms with Gasteiger partial charge in [0.05, 0.1) is 17.2 Å². The van der Waals surface area contributed by atoms with E-state index < -0.39 is 0 Å². The number of para-hydroxylation sites is 1. The molecule has 4 aromatic rings. The van der Waals surface area contributed by atoms with E-state index in [0.717, 1.165) is 17.8 Å². The molecule has 32 heavy (non-hydrogen) atoms. The van der Waals surface area contributed by atoms with Crippen LogP contribution in [0.25, 0.3) is 21.5 Å². The first-order chi connectivity index (χ1) is 15.6. The zero-order chi connectivity index (χ0) is 22.1. The van der Waals surface area contributed by atoms with Crippen LogP contribution in [0.15, 0.2) is 59.7 Å². The highest BCUT2D eigenvalue weighted by Gasteiger charge is 2.28. The molecule has 0 saturated carbocycles. The van der Waals surface area contributed by atoms with Crippen LogP contribution in [0.3, 0.4) is 0 Å². The predicted molar refractivity (Wildman–Crippen MR) is 120 cm³/mol. The molecule has 3 heterocycles. The van der Waals surface area contributed by atoms with Crippen molar-refractivity contribution < 1.29 is 9.18 Å². The smallest absolute Gasteiger partial charge is 0.261 e. The third-order valence-corrected chi connectivity index (χ3v) is 6.82. The van der Waals surface area contributed by atoms with E-state index in [0.29, 0.717) is 34.6 Å². The number of rotatable bonds is 4. The van der Waals surface area contributed by atoms with Crippen LogP contribution in [0.1, 0.15) is 23.8 Å². The van der Waals surface area contributed by atoms with Gasteiger partial charge in [0.25, 0.3) is 5.56 Å². The van der Waals surface area contributed by atoms with Crippen molar-refractivity contribution in [2.24, 2.45) is 0 Å². The summed E-state index contributed by atoms with van der Waals surface area (Å²) in [4.78, 5) is 31.7. The minimum atomic E-state index is -0.329. The summed E-state index contributed by atoms with van der Waals surface area (Å²) >= 11 is 1.36. The lowest BCUT2D eigenvalue weighted by molar-refractivity contribution is -0.133. The lowest BCUT2D eigenvalue weighted by atomic mass is 9.99. The molecule has 2 aromatic carbocycles. The molecule has 0 radical (unpaired) electrons. The van der Waals surface area contributed by atoms with Crippen molar-refractivity contribution in [3.8, 4) is 10.6 Å². The summed E-state index contributed by atoms with van der Waals surface area (Å²) in [5.74, 6) is -0.421. The highest BCUT2D eigenvalue weighted by Crippen LogP contribution is 2.33. The number of benzene rings is 2. The molecule has 0 N–H and O–H groups in total. The molecule has 9 heteroatoms. The Hall–Kier alpha value is -3.46. The Balaban J connectivity index is 1.31. The summed E-state index contributed by atoms with van der Waals surface area (Å²) < 4.78 is 15.4. The van der Waals surface area contributed by atoms with Crippen LogP contribution in [0.2, 0.25) is 0 Å². The van der Waals surface area contributed by atoms with Gasteiger partial charge in [0, 0.05) is 24.6 Å². The van der Waals surface area contributed by atoms with E-state index in [1.54, 1.807) is 41.3 Å². The first-order valence-corrected chi connectivity index (χ1v) is 11.2. The van der Waals surface area contributed by atoms with Crippen molar-refractivity contribution in [1.29, 1.82) is 0 Å². The SMILES string of the molecule is O=C(Cn1cnc2ccccc2c1=O)N1CCC[C@H](c2nnc(-c3ccccc3F)s2)C1. The Morgan fingerprint density at radius 1 is 1.12 bits per heavy atom. The van der Waals surface area contributed by atoms with Crippen molar-refractivity contribution in [2.45, 2.75) is 25.3 Å². The number of carbonyl (C=O) groups excluding carboxylic acids is 1. The minimum absolute atomic E-state index is 0.0390. The van der Waals surface area contributed by atoms with Crippen molar-refractivity contribution in [2.75, 3.05) is 13.1 Å². The molecule has 7 nitrogen and oxygen atoms in total. The lowest BCUT2D eigenvalue weighted by Gasteiger charge is -2.31. The molecule has 0 unspecified atom stereocenters. The number of fused-ring (bicyclic) bond motifs is 1. The maximum absolute atomic E-state index is 14.1. The molecule has 0 spiro atoms.